The van der Waals surface area contributed by atoms with Crippen molar-refractivity contribution in [2.45, 2.75) is 12.1 Å². The molecule has 4 aromatic rings. The number of methoxy groups -OCH3 is 1. The number of aromatic hydroxyl groups is 1. The lowest BCUT2D eigenvalue weighted by Crippen LogP contribution is -2.30. The highest BCUT2D eigenvalue weighted by Gasteiger charge is 2.43. The Kier molecular flexibility index (Phi) is 6.15. The summed E-state index contributed by atoms with van der Waals surface area (Å²) >= 11 is 12.0. The van der Waals surface area contributed by atoms with E-state index in [-0.39, 0.29) is 11.8 Å². The molecule has 35 heavy (non-hydrogen) atoms. The first kappa shape index (κ1) is 22.9. The van der Waals surface area contributed by atoms with Crippen LogP contribution in [-0.2, 0) is 4.74 Å². The number of phenols is 1. The van der Waals surface area contributed by atoms with Gasteiger partial charge in [-0.05, 0) is 72.9 Å². The third-order valence-corrected chi connectivity index (χ3v) is 6.47. The summed E-state index contributed by atoms with van der Waals surface area (Å²) in [5.74, 6) is -0.364. The predicted molar refractivity (Wildman–Crippen MR) is 138 cm³/mol. The van der Waals surface area contributed by atoms with Gasteiger partial charge >= 0.3 is 5.97 Å². The summed E-state index contributed by atoms with van der Waals surface area (Å²) < 4.78 is 6.88. The van der Waals surface area contributed by atoms with Crippen molar-refractivity contribution in [2.24, 2.45) is 0 Å². The zero-order valence-corrected chi connectivity index (χ0v) is 20.2. The Morgan fingerprint density at radius 3 is 2.74 bits per heavy atom. The molecule has 0 unspecified atom stereocenters. The number of aromatic nitrogens is 2. The van der Waals surface area contributed by atoms with Crippen LogP contribution in [-0.4, -0.2) is 32.8 Å². The van der Waals surface area contributed by atoms with Crippen LogP contribution >= 0.6 is 23.8 Å². The highest BCUT2D eigenvalue weighted by Crippen LogP contribution is 2.45. The summed E-state index contributed by atoms with van der Waals surface area (Å²) in [5.41, 5.74) is 3.36. The molecule has 3 heterocycles. The molecule has 0 bridgehead atoms. The van der Waals surface area contributed by atoms with Crippen molar-refractivity contribution in [3.63, 3.8) is 0 Å². The number of phenolic OH excluding ortho intramolecular Hbond substituents is 1. The van der Waals surface area contributed by atoms with Crippen molar-refractivity contribution in [1.29, 1.82) is 0 Å². The maximum Gasteiger partial charge on any atom is 0.337 e. The lowest BCUT2D eigenvalue weighted by atomic mass is 10.0. The molecule has 2 atom stereocenters. The second kappa shape index (κ2) is 9.40. The van der Waals surface area contributed by atoms with Gasteiger partial charge in [-0.1, -0.05) is 23.7 Å². The first-order valence-corrected chi connectivity index (χ1v) is 11.6. The summed E-state index contributed by atoms with van der Waals surface area (Å²) in [6.45, 7) is 0. The van der Waals surface area contributed by atoms with E-state index in [2.05, 4.69) is 10.3 Å². The fourth-order valence-corrected chi connectivity index (χ4v) is 4.88. The number of pyridine rings is 1. The van der Waals surface area contributed by atoms with Crippen LogP contribution in [0.2, 0.25) is 5.02 Å². The average molecular weight is 505 g/mol. The van der Waals surface area contributed by atoms with E-state index in [0.29, 0.717) is 21.4 Å². The fraction of sp³-hybridized carbons (Fsp3) is 0.115. The number of hydrogen-bond donors (Lipinski definition) is 2. The number of ether oxygens (including phenoxy) is 1. The van der Waals surface area contributed by atoms with Crippen LogP contribution in [0.15, 0.2) is 85.2 Å². The Balaban J connectivity index is 1.68. The van der Waals surface area contributed by atoms with E-state index >= 15 is 0 Å². The largest absolute Gasteiger partial charge is 0.506 e. The normalized spacial score (nSPS) is 17.3. The molecule has 0 aliphatic carbocycles. The molecule has 0 spiro atoms. The Morgan fingerprint density at radius 1 is 1.11 bits per heavy atom. The Hall–Kier alpha value is -3.88. The van der Waals surface area contributed by atoms with Gasteiger partial charge in [0.05, 0.1) is 30.1 Å². The third kappa shape index (κ3) is 4.22. The number of rotatable bonds is 5. The maximum atomic E-state index is 12.1. The van der Waals surface area contributed by atoms with Crippen LogP contribution in [0.1, 0.15) is 33.8 Å². The smallest absolute Gasteiger partial charge is 0.337 e. The van der Waals surface area contributed by atoms with Crippen LogP contribution < -0.4 is 10.2 Å². The van der Waals surface area contributed by atoms with Crippen molar-refractivity contribution in [2.75, 3.05) is 12.0 Å². The van der Waals surface area contributed by atoms with E-state index in [1.807, 2.05) is 52.1 Å². The number of esters is 1. The third-order valence-electron chi connectivity index (χ3n) is 5.92. The summed E-state index contributed by atoms with van der Waals surface area (Å²) in [6, 6.07) is 20.9. The number of anilines is 1. The van der Waals surface area contributed by atoms with Crippen molar-refractivity contribution in [3.05, 3.63) is 107 Å². The molecule has 0 amide bonds. The summed E-state index contributed by atoms with van der Waals surface area (Å²) in [5, 5.41) is 15.0. The lowest BCUT2D eigenvalue weighted by Gasteiger charge is -2.29. The number of benzene rings is 2. The van der Waals surface area contributed by atoms with Crippen LogP contribution in [0, 0.1) is 0 Å². The average Bonchev–Trinajstić information content (AvgIpc) is 3.50. The number of nitrogens with zero attached hydrogens (tertiary/aromatic N) is 3. The van der Waals surface area contributed by atoms with Crippen LogP contribution in [0.5, 0.6) is 5.75 Å². The summed E-state index contributed by atoms with van der Waals surface area (Å²) in [6.07, 6.45) is 3.65. The highest BCUT2D eigenvalue weighted by molar-refractivity contribution is 7.80. The topological polar surface area (TPSA) is 79.6 Å². The monoisotopic (exact) mass is 504 g/mol. The van der Waals surface area contributed by atoms with Crippen molar-refractivity contribution < 1.29 is 14.6 Å². The quantitative estimate of drug-likeness (QED) is 0.286. The molecule has 176 valence electrons. The minimum atomic E-state index is -0.416. The van der Waals surface area contributed by atoms with E-state index in [4.69, 9.17) is 28.6 Å². The molecular formula is C26H21ClN4O3S. The molecule has 7 nitrogen and oxygen atoms in total. The number of nitrogens with one attached hydrogen (secondary N) is 1. The van der Waals surface area contributed by atoms with E-state index < -0.39 is 12.0 Å². The minimum absolute atomic E-state index is 0.0519. The molecule has 2 aromatic heterocycles. The van der Waals surface area contributed by atoms with Gasteiger partial charge in [-0.15, -0.1) is 0 Å². The second-order valence-corrected chi connectivity index (χ2v) is 8.80. The molecule has 1 aliphatic heterocycles. The molecule has 2 N–H and O–H groups in total. The number of hydrogen-bond acceptors (Lipinski definition) is 5. The van der Waals surface area contributed by atoms with E-state index in [1.165, 1.54) is 7.11 Å². The van der Waals surface area contributed by atoms with Gasteiger partial charge < -0.3 is 24.6 Å². The van der Waals surface area contributed by atoms with Gasteiger partial charge in [0, 0.05) is 28.8 Å². The van der Waals surface area contributed by atoms with Gasteiger partial charge in [0.2, 0.25) is 0 Å². The van der Waals surface area contributed by atoms with Gasteiger partial charge in [0.1, 0.15) is 11.8 Å². The van der Waals surface area contributed by atoms with Crippen molar-refractivity contribution in [1.82, 2.24) is 14.9 Å². The lowest BCUT2D eigenvalue weighted by molar-refractivity contribution is 0.0600. The van der Waals surface area contributed by atoms with E-state index in [1.54, 1.807) is 42.6 Å². The molecule has 1 saturated heterocycles. The van der Waals surface area contributed by atoms with Crippen LogP contribution in [0.25, 0.3) is 5.69 Å². The van der Waals surface area contributed by atoms with Gasteiger partial charge in [0.15, 0.2) is 5.11 Å². The number of thiocarbonyl (C=S) groups is 1. The zero-order chi connectivity index (χ0) is 24.5. The molecule has 0 radical (unpaired) electrons. The minimum Gasteiger partial charge on any atom is -0.506 e. The molecule has 2 aromatic carbocycles. The molecule has 5 rings (SSSR count). The number of halogens is 1. The SMILES string of the molecule is COC(=O)c1cccc(-n2cccc2[C@@H]2[C@H](c3ccccn3)NC(=S)N2c2cc(Cl)ccc2O)c1. The fourth-order valence-electron chi connectivity index (χ4n) is 4.38. The maximum absolute atomic E-state index is 12.1. The van der Waals surface area contributed by atoms with Crippen LogP contribution in [0.4, 0.5) is 5.69 Å². The molecule has 1 fully saturated rings. The molecule has 9 heteroatoms. The summed E-state index contributed by atoms with van der Waals surface area (Å²) in [4.78, 5) is 18.6. The van der Waals surface area contributed by atoms with Gasteiger partial charge in [-0.2, -0.15) is 0 Å². The van der Waals surface area contributed by atoms with Gasteiger partial charge in [-0.25, -0.2) is 4.79 Å². The number of carbonyl (C=O) groups is 1. The predicted octanol–water partition coefficient (Wildman–Crippen LogP) is 5.20. The summed E-state index contributed by atoms with van der Waals surface area (Å²) in [7, 11) is 1.36. The van der Waals surface area contributed by atoms with E-state index in [9.17, 15) is 9.90 Å². The van der Waals surface area contributed by atoms with Crippen molar-refractivity contribution >= 4 is 40.6 Å². The Bertz CT molecular complexity index is 1410. The van der Waals surface area contributed by atoms with Crippen molar-refractivity contribution in [3.8, 4) is 11.4 Å². The van der Waals surface area contributed by atoms with Gasteiger partial charge in [0.25, 0.3) is 0 Å². The Morgan fingerprint density at radius 2 is 1.97 bits per heavy atom. The number of carbonyl (C=O) groups excluding carboxylic acids is 1. The second-order valence-electron chi connectivity index (χ2n) is 7.97. The first-order chi connectivity index (χ1) is 17.0. The molecular weight excluding hydrogens is 484 g/mol. The zero-order valence-electron chi connectivity index (χ0n) is 18.6. The first-order valence-electron chi connectivity index (χ1n) is 10.8. The Labute approximate surface area is 212 Å². The van der Waals surface area contributed by atoms with E-state index in [0.717, 1.165) is 17.1 Å². The molecule has 1 aliphatic rings. The van der Waals surface area contributed by atoms with Gasteiger partial charge in [-0.3, -0.25) is 4.98 Å². The standard InChI is InChI=1S/C26H21ClN4O3S/c1-34-25(33)16-6-4-7-18(14-16)30-13-5-9-20(30)24-23(19-8-2-3-12-28-19)29-26(35)31(24)21-15-17(27)10-11-22(21)32/h2-15,23-24,32H,1H3,(H,29,35)/t23-,24+/m0/s1. The van der Waals surface area contributed by atoms with Crippen LogP contribution in [0.3, 0.4) is 0 Å². The molecule has 0 saturated carbocycles. The highest BCUT2D eigenvalue weighted by atomic mass is 35.5.